The second-order valence-corrected chi connectivity index (χ2v) is 2.30. The van der Waals surface area contributed by atoms with Crippen LogP contribution in [-0.4, -0.2) is 16.5 Å². The number of aliphatic hydroxyl groups is 1. The molecule has 0 bridgehead atoms. The molecule has 78 valence electrons. The summed E-state index contributed by atoms with van der Waals surface area (Å²) in [6.45, 7) is -0.759. The molecular weight excluding hydrogens is 206 g/mol. The molecule has 0 aliphatic heterocycles. The maximum atomic E-state index is 12.7. The molecule has 0 spiro atoms. The van der Waals surface area contributed by atoms with Crippen molar-refractivity contribution in [1.29, 1.82) is 0 Å². The van der Waals surface area contributed by atoms with Crippen LogP contribution in [0.4, 0.5) is 17.6 Å². The topological polar surface area (TPSA) is 42.4 Å². The summed E-state index contributed by atoms with van der Waals surface area (Å²) in [6.07, 6.45) is -4.07. The first-order valence-electron chi connectivity index (χ1n) is 3.44. The van der Waals surface area contributed by atoms with E-state index in [1.165, 1.54) is 0 Å². The van der Waals surface area contributed by atoms with Crippen LogP contribution in [0.1, 0.15) is 5.56 Å². The quantitative estimate of drug-likeness (QED) is 0.596. The second-order valence-electron chi connectivity index (χ2n) is 2.30. The van der Waals surface area contributed by atoms with Gasteiger partial charge in [-0.3, -0.25) is 0 Å². The minimum absolute atomic E-state index is 0.310. The van der Waals surface area contributed by atoms with Crippen LogP contribution in [0.15, 0.2) is 12.3 Å². The molecule has 0 amide bonds. The molecule has 1 rings (SSSR count). The SMILES string of the molecule is OCc1ccnc(F)c1OC(F)(F)F. The molecule has 0 atom stereocenters. The highest BCUT2D eigenvalue weighted by molar-refractivity contribution is 5.30. The van der Waals surface area contributed by atoms with E-state index in [4.69, 9.17) is 5.11 Å². The second kappa shape index (κ2) is 3.79. The summed E-state index contributed by atoms with van der Waals surface area (Å²) in [4.78, 5) is 2.97. The number of hydrogen-bond donors (Lipinski definition) is 1. The summed E-state index contributed by atoms with van der Waals surface area (Å²) >= 11 is 0. The van der Waals surface area contributed by atoms with Gasteiger partial charge in [0.25, 0.3) is 5.95 Å². The molecular formula is C7H5F4NO2. The Morgan fingerprint density at radius 2 is 2.07 bits per heavy atom. The van der Waals surface area contributed by atoms with Crippen LogP contribution < -0.4 is 4.74 Å². The van der Waals surface area contributed by atoms with Crippen LogP contribution >= 0.6 is 0 Å². The number of aliphatic hydroxyl groups excluding tert-OH is 1. The van der Waals surface area contributed by atoms with E-state index in [2.05, 4.69) is 9.72 Å². The van der Waals surface area contributed by atoms with Crippen molar-refractivity contribution in [3.05, 3.63) is 23.8 Å². The van der Waals surface area contributed by atoms with Gasteiger partial charge in [-0.15, -0.1) is 13.2 Å². The smallest absolute Gasteiger partial charge is 0.400 e. The van der Waals surface area contributed by atoms with E-state index < -0.39 is 24.7 Å². The summed E-state index contributed by atoms with van der Waals surface area (Å²) in [5.41, 5.74) is -0.310. The van der Waals surface area contributed by atoms with Crippen LogP contribution in [0.3, 0.4) is 0 Å². The first-order valence-corrected chi connectivity index (χ1v) is 3.44. The minimum atomic E-state index is -5.01. The number of halogens is 4. The van der Waals surface area contributed by atoms with Gasteiger partial charge in [-0.25, -0.2) is 4.98 Å². The number of rotatable bonds is 2. The number of ether oxygens (including phenoxy) is 1. The molecule has 14 heavy (non-hydrogen) atoms. The Balaban J connectivity index is 3.05. The lowest BCUT2D eigenvalue weighted by Gasteiger charge is -2.11. The lowest BCUT2D eigenvalue weighted by Crippen LogP contribution is -2.19. The highest BCUT2D eigenvalue weighted by atomic mass is 19.4. The van der Waals surface area contributed by atoms with Gasteiger partial charge in [0, 0.05) is 11.8 Å². The maximum Gasteiger partial charge on any atom is 0.573 e. The Morgan fingerprint density at radius 1 is 1.43 bits per heavy atom. The molecule has 7 heteroatoms. The van der Waals surface area contributed by atoms with Gasteiger partial charge >= 0.3 is 6.36 Å². The zero-order valence-electron chi connectivity index (χ0n) is 6.68. The number of nitrogens with zero attached hydrogens (tertiary/aromatic N) is 1. The predicted molar refractivity (Wildman–Crippen MR) is 36.8 cm³/mol. The van der Waals surface area contributed by atoms with E-state index >= 15 is 0 Å². The van der Waals surface area contributed by atoms with E-state index in [0.717, 1.165) is 12.3 Å². The van der Waals surface area contributed by atoms with Crippen molar-refractivity contribution in [1.82, 2.24) is 4.98 Å². The van der Waals surface area contributed by atoms with Crippen molar-refractivity contribution in [2.45, 2.75) is 13.0 Å². The van der Waals surface area contributed by atoms with E-state index in [-0.39, 0.29) is 5.56 Å². The van der Waals surface area contributed by atoms with Crippen molar-refractivity contribution >= 4 is 0 Å². The van der Waals surface area contributed by atoms with Crippen molar-refractivity contribution < 1.29 is 27.4 Å². The first kappa shape index (κ1) is 10.7. The van der Waals surface area contributed by atoms with Gasteiger partial charge in [-0.2, -0.15) is 4.39 Å². The Bertz CT molecular complexity index is 326. The molecule has 0 fully saturated rings. The lowest BCUT2D eigenvalue weighted by atomic mass is 10.2. The van der Waals surface area contributed by atoms with Gasteiger partial charge in [-0.05, 0) is 6.07 Å². The zero-order chi connectivity index (χ0) is 10.8. The van der Waals surface area contributed by atoms with E-state index in [1.807, 2.05) is 0 Å². The van der Waals surface area contributed by atoms with E-state index in [9.17, 15) is 17.6 Å². The summed E-state index contributed by atoms with van der Waals surface area (Å²) in [6, 6.07) is 1.03. The molecule has 0 aliphatic carbocycles. The summed E-state index contributed by atoms with van der Waals surface area (Å²) < 4.78 is 51.3. The zero-order valence-corrected chi connectivity index (χ0v) is 6.68. The normalized spacial score (nSPS) is 11.5. The van der Waals surface area contributed by atoms with Gasteiger partial charge in [0.2, 0.25) is 0 Å². The van der Waals surface area contributed by atoms with E-state index in [0.29, 0.717) is 0 Å². The third-order valence-corrected chi connectivity index (χ3v) is 1.33. The van der Waals surface area contributed by atoms with Crippen LogP contribution in [0.25, 0.3) is 0 Å². The molecule has 0 aliphatic rings. The average Bonchev–Trinajstić information content (AvgIpc) is 2.06. The molecule has 0 saturated heterocycles. The predicted octanol–water partition coefficient (Wildman–Crippen LogP) is 1.61. The molecule has 1 heterocycles. The molecule has 1 aromatic heterocycles. The fourth-order valence-corrected chi connectivity index (χ4v) is 0.807. The fourth-order valence-electron chi connectivity index (χ4n) is 0.807. The standard InChI is InChI=1S/C7H5F4NO2/c8-6-5(14-7(9,10)11)4(3-13)1-2-12-6/h1-2,13H,3H2. The number of pyridine rings is 1. The van der Waals surface area contributed by atoms with Gasteiger partial charge in [-0.1, -0.05) is 0 Å². The number of hydrogen-bond acceptors (Lipinski definition) is 3. The third kappa shape index (κ3) is 2.56. The van der Waals surface area contributed by atoms with Gasteiger partial charge < -0.3 is 9.84 Å². The summed E-state index contributed by atoms with van der Waals surface area (Å²) in [5, 5.41) is 8.60. The molecule has 0 saturated carbocycles. The molecule has 0 unspecified atom stereocenters. The lowest BCUT2D eigenvalue weighted by molar-refractivity contribution is -0.276. The van der Waals surface area contributed by atoms with Crippen LogP contribution in [0.5, 0.6) is 5.75 Å². The highest BCUT2D eigenvalue weighted by Gasteiger charge is 2.33. The number of alkyl halides is 3. The molecule has 0 radical (unpaired) electrons. The Kier molecular flexibility index (Phi) is 2.90. The maximum absolute atomic E-state index is 12.7. The third-order valence-electron chi connectivity index (χ3n) is 1.33. The Hall–Kier alpha value is -1.37. The number of aromatic nitrogens is 1. The molecule has 3 nitrogen and oxygen atoms in total. The molecule has 1 aromatic rings. The monoisotopic (exact) mass is 211 g/mol. The average molecular weight is 211 g/mol. The minimum Gasteiger partial charge on any atom is -0.400 e. The van der Waals surface area contributed by atoms with Crippen LogP contribution in [0.2, 0.25) is 0 Å². The largest absolute Gasteiger partial charge is 0.573 e. The fraction of sp³-hybridized carbons (Fsp3) is 0.286. The molecule has 1 N–H and O–H groups in total. The summed E-state index contributed by atoms with van der Waals surface area (Å²) in [5.74, 6) is -2.50. The van der Waals surface area contributed by atoms with Crippen molar-refractivity contribution in [3.8, 4) is 5.75 Å². The highest BCUT2D eigenvalue weighted by Crippen LogP contribution is 2.27. The summed E-state index contributed by atoms with van der Waals surface area (Å²) in [7, 11) is 0. The van der Waals surface area contributed by atoms with Gasteiger partial charge in [0.1, 0.15) is 0 Å². The van der Waals surface area contributed by atoms with Crippen molar-refractivity contribution in [2.75, 3.05) is 0 Å². The Labute approximate surface area is 76.0 Å². The van der Waals surface area contributed by atoms with E-state index in [1.54, 1.807) is 0 Å². The van der Waals surface area contributed by atoms with Gasteiger partial charge in [0.15, 0.2) is 5.75 Å². The first-order chi connectivity index (χ1) is 6.44. The van der Waals surface area contributed by atoms with Crippen LogP contribution in [-0.2, 0) is 6.61 Å². The molecule has 0 aromatic carbocycles. The van der Waals surface area contributed by atoms with Gasteiger partial charge in [0.05, 0.1) is 6.61 Å². The van der Waals surface area contributed by atoms with Crippen LogP contribution in [0, 0.1) is 5.95 Å². The Morgan fingerprint density at radius 3 is 2.57 bits per heavy atom. The van der Waals surface area contributed by atoms with Crippen molar-refractivity contribution in [2.24, 2.45) is 0 Å². The van der Waals surface area contributed by atoms with Crippen molar-refractivity contribution in [3.63, 3.8) is 0 Å².